The highest BCUT2D eigenvalue weighted by molar-refractivity contribution is 5.81. The first-order chi connectivity index (χ1) is 10.6. The smallest absolute Gasteiger partial charge is 0.323 e. The molecule has 22 heavy (non-hydrogen) atoms. The number of nitrogens with two attached hydrogens (primary N) is 1. The standard InChI is InChI=1S/C14H15N5O3/c15-14-17-13-11(16-9-18(13)7-12(20)21)6-19(14)22-8-10-4-2-1-3-5-10/h1-5,9H,6-8H2,(H2,15,17)(H,20,21). The number of aliphatic carboxylic acids is 1. The number of guanidine groups is 1. The first kappa shape index (κ1) is 14.1. The highest BCUT2D eigenvalue weighted by Crippen LogP contribution is 2.24. The quantitative estimate of drug-likeness (QED) is 0.848. The average Bonchev–Trinajstić information content (AvgIpc) is 2.87. The van der Waals surface area contributed by atoms with Gasteiger partial charge in [0.1, 0.15) is 18.8 Å². The molecule has 1 aliphatic rings. The zero-order valence-electron chi connectivity index (χ0n) is 11.7. The Morgan fingerprint density at radius 2 is 2.14 bits per heavy atom. The maximum Gasteiger partial charge on any atom is 0.323 e. The van der Waals surface area contributed by atoms with Gasteiger partial charge in [0.05, 0.1) is 12.9 Å². The zero-order valence-corrected chi connectivity index (χ0v) is 11.7. The lowest BCUT2D eigenvalue weighted by Crippen LogP contribution is -2.38. The van der Waals surface area contributed by atoms with Crippen LogP contribution in [0.3, 0.4) is 0 Å². The molecule has 0 unspecified atom stereocenters. The van der Waals surface area contributed by atoms with E-state index >= 15 is 0 Å². The molecule has 114 valence electrons. The number of hydroxylamine groups is 2. The van der Waals surface area contributed by atoms with E-state index in [1.807, 2.05) is 30.3 Å². The van der Waals surface area contributed by atoms with Gasteiger partial charge in [0.15, 0.2) is 5.82 Å². The third kappa shape index (κ3) is 2.91. The molecule has 0 fully saturated rings. The Kier molecular flexibility index (Phi) is 3.75. The molecule has 2 heterocycles. The van der Waals surface area contributed by atoms with E-state index < -0.39 is 5.97 Å². The molecule has 1 aromatic heterocycles. The van der Waals surface area contributed by atoms with Crippen molar-refractivity contribution in [1.82, 2.24) is 14.6 Å². The van der Waals surface area contributed by atoms with E-state index in [-0.39, 0.29) is 12.5 Å². The number of benzene rings is 1. The van der Waals surface area contributed by atoms with E-state index in [4.69, 9.17) is 15.7 Å². The topological polar surface area (TPSA) is 106 Å². The monoisotopic (exact) mass is 301 g/mol. The summed E-state index contributed by atoms with van der Waals surface area (Å²) in [5, 5.41) is 10.3. The molecule has 8 heteroatoms. The van der Waals surface area contributed by atoms with Crippen LogP contribution in [0, 0.1) is 0 Å². The molecule has 0 aliphatic carbocycles. The van der Waals surface area contributed by atoms with E-state index in [0.29, 0.717) is 24.7 Å². The summed E-state index contributed by atoms with van der Waals surface area (Å²) in [5.74, 6) is -0.327. The zero-order chi connectivity index (χ0) is 15.5. The number of aromatic nitrogens is 2. The molecular formula is C14H15N5O3. The Morgan fingerprint density at radius 3 is 2.86 bits per heavy atom. The molecule has 0 radical (unpaired) electrons. The molecular weight excluding hydrogens is 286 g/mol. The van der Waals surface area contributed by atoms with Crippen molar-refractivity contribution in [3.8, 4) is 0 Å². The molecule has 0 amide bonds. The molecule has 0 atom stereocenters. The highest BCUT2D eigenvalue weighted by atomic mass is 16.7. The maximum atomic E-state index is 10.8. The van der Waals surface area contributed by atoms with Crippen molar-refractivity contribution < 1.29 is 14.7 Å². The number of rotatable bonds is 5. The summed E-state index contributed by atoms with van der Waals surface area (Å²) < 4.78 is 1.44. The number of carbonyl (C=O) groups is 1. The Labute approximate surface area is 126 Å². The SMILES string of the molecule is NC1=Nc2c(ncn2CC(=O)O)CN1OCc1ccccc1. The minimum absolute atomic E-state index is 0.176. The minimum atomic E-state index is -0.961. The van der Waals surface area contributed by atoms with Gasteiger partial charge in [0.2, 0.25) is 5.96 Å². The predicted octanol–water partition coefficient (Wildman–Crippen LogP) is 0.861. The molecule has 3 rings (SSSR count). The van der Waals surface area contributed by atoms with Gasteiger partial charge in [-0.2, -0.15) is 4.99 Å². The summed E-state index contributed by atoms with van der Waals surface area (Å²) in [6.07, 6.45) is 1.44. The molecule has 0 spiro atoms. The number of carboxylic acid groups (broad SMARTS) is 1. The van der Waals surface area contributed by atoms with Crippen LogP contribution in [0.5, 0.6) is 0 Å². The molecule has 3 N–H and O–H groups in total. The molecule has 2 aromatic rings. The van der Waals surface area contributed by atoms with Gasteiger partial charge in [-0.05, 0) is 5.56 Å². The van der Waals surface area contributed by atoms with Gasteiger partial charge in [0, 0.05) is 0 Å². The van der Waals surface area contributed by atoms with Crippen LogP contribution >= 0.6 is 0 Å². The van der Waals surface area contributed by atoms with Crippen LogP contribution in [0.4, 0.5) is 5.82 Å². The second-order valence-corrected chi connectivity index (χ2v) is 4.80. The fourth-order valence-electron chi connectivity index (χ4n) is 2.14. The van der Waals surface area contributed by atoms with Crippen LogP contribution in [-0.4, -0.2) is 31.6 Å². The van der Waals surface area contributed by atoms with E-state index in [9.17, 15) is 4.79 Å². The van der Waals surface area contributed by atoms with Gasteiger partial charge in [-0.3, -0.25) is 9.63 Å². The van der Waals surface area contributed by atoms with Crippen LogP contribution in [-0.2, 0) is 29.3 Å². The van der Waals surface area contributed by atoms with Crippen molar-refractivity contribution in [3.63, 3.8) is 0 Å². The fraction of sp³-hybridized carbons (Fsp3) is 0.214. The first-order valence-electron chi connectivity index (χ1n) is 6.68. The summed E-state index contributed by atoms with van der Waals surface area (Å²) >= 11 is 0. The Morgan fingerprint density at radius 1 is 1.36 bits per heavy atom. The molecule has 8 nitrogen and oxygen atoms in total. The number of hydrogen-bond donors (Lipinski definition) is 2. The molecule has 1 aliphatic heterocycles. The lowest BCUT2D eigenvalue weighted by Gasteiger charge is -2.25. The largest absolute Gasteiger partial charge is 0.480 e. The van der Waals surface area contributed by atoms with E-state index in [0.717, 1.165) is 5.56 Å². The van der Waals surface area contributed by atoms with Crippen molar-refractivity contribution in [2.45, 2.75) is 19.7 Å². The minimum Gasteiger partial charge on any atom is -0.480 e. The van der Waals surface area contributed by atoms with Gasteiger partial charge in [0.25, 0.3) is 0 Å². The van der Waals surface area contributed by atoms with Crippen molar-refractivity contribution >= 4 is 17.7 Å². The second-order valence-electron chi connectivity index (χ2n) is 4.80. The third-order valence-electron chi connectivity index (χ3n) is 3.19. The summed E-state index contributed by atoms with van der Waals surface area (Å²) in [4.78, 5) is 24.8. The van der Waals surface area contributed by atoms with Crippen LogP contribution in [0.25, 0.3) is 0 Å². The van der Waals surface area contributed by atoms with Crippen molar-refractivity contribution in [2.75, 3.05) is 0 Å². The lowest BCUT2D eigenvalue weighted by molar-refractivity contribution is -0.137. The van der Waals surface area contributed by atoms with Crippen LogP contribution in [0.2, 0.25) is 0 Å². The Hall–Kier alpha value is -2.87. The van der Waals surface area contributed by atoms with Crippen LogP contribution in [0.1, 0.15) is 11.3 Å². The van der Waals surface area contributed by atoms with Crippen molar-refractivity contribution in [1.29, 1.82) is 0 Å². The number of imidazole rings is 1. The van der Waals surface area contributed by atoms with Gasteiger partial charge >= 0.3 is 5.97 Å². The summed E-state index contributed by atoms with van der Waals surface area (Å²) in [5.41, 5.74) is 7.52. The first-order valence-corrected chi connectivity index (χ1v) is 6.68. The van der Waals surface area contributed by atoms with Gasteiger partial charge < -0.3 is 15.4 Å². The number of fused-ring (bicyclic) bond motifs is 1. The molecule has 0 saturated heterocycles. The van der Waals surface area contributed by atoms with Crippen molar-refractivity contribution in [2.24, 2.45) is 10.7 Å². The average molecular weight is 301 g/mol. The predicted molar refractivity (Wildman–Crippen MR) is 77.9 cm³/mol. The van der Waals surface area contributed by atoms with Gasteiger partial charge in [-0.1, -0.05) is 30.3 Å². The second kappa shape index (κ2) is 5.86. The Bertz CT molecular complexity index is 711. The molecule has 0 saturated carbocycles. The number of hydrogen-bond acceptors (Lipinski definition) is 6. The lowest BCUT2D eigenvalue weighted by atomic mass is 10.2. The normalized spacial score (nSPS) is 13.6. The van der Waals surface area contributed by atoms with Crippen LogP contribution < -0.4 is 5.73 Å². The summed E-state index contributed by atoms with van der Waals surface area (Å²) in [7, 11) is 0. The highest BCUT2D eigenvalue weighted by Gasteiger charge is 2.23. The van der Waals surface area contributed by atoms with Gasteiger partial charge in [-0.25, -0.2) is 10.0 Å². The van der Waals surface area contributed by atoms with E-state index in [1.165, 1.54) is 16.0 Å². The number of carboxylic acids is 1. The van der Waals surface area contributed by atoms with Gasteiger partial charge in [-0.15, -0.1) is 0 Å². The molecule has 0 bridgehead atoms. The molecule has 1 aromatic carbocycles. The van der Waals surface area contributed by atoms with E-state index in [2.05, 4.69) is 9.98 Å². The van der Waals surface area contributed by atoms with Crippen LogP contribution in [0.15, 0.2) is 41.7 Å². The number of nitrogens with zero attached hydrogens (tertiary/aromatic N) is 4. The van der Waals surface area contributed by atoms with Crippen molar-refractivity contribution in [3.05, 3.63) is 47.9 Å². The fourth-order valence-corrected chi connectivity index (χ4v) is 2.14. The Balaban J connectivity index is 1.71. The summed E-state index contributed by atoms with van der Waals surface area (Å²) in [6.45, 7) is 0.482. The number of aliphatic imine (C=N–C) groups is 1. The third-order valence-corrected chi connectivity index (χ3v) is 3.19. The van der Waals surface area contributed by atoms with E-state index in [1.54, 1.807) is 0 Å². The maximum absolute atomic E-state index is 10.8. The summed E-state index contributed by atoms with van der Waals surface area (Å²) in [6, 6.07) is 9.69.